The Morgan fingerprint density at radius 3 is 2.89 bits per heavy atom. The molecule has 0 saturated carbocycles. The normalized spacial score (nSPS) is 21.3. The molecular formula is C11H17N3O4S. The lowest BCUT2D eigenvalue weighted by atomic mass is 10.0. The van der Waals surface area contributed by atoms with Crippen LogP contribution in [0.5, 0.6) is 0 Å². The Kier molecular flexibility index (Phi) is 3.91. The summed E-state index contributed by atoms with van der Waals surface area (Å²) in [5.74, 6) is -0.210. The predicted octanol–water partition coefficient (Wildman–Crippen LogP) is 0.292. The minimum absolute atomic E-state index is 0.0653. The zero-order chi connectivity index (χ0) is 14.0. The first-order chi connectivity index (χ1) is 8.95. The Balaban J connectivity index is 2.19. The van der Waals surface area contributed by atoms with Crippen molar-refractivity contribution in [3.8, 4) is 0 Å². The second-order valence-corrected chi connectivity index (χ2v) is 6.46. The van der Waals surface area contributed by atoms with E-state index in [0.717, 1.165) is 0 Å². The van der Waals surface area contributed by atoms with Gasteiger partial charge in [0.2, 0.25) is 0 Å². The van der Waals surface area contributed by atoms with Crippen molar-refractivity contribution >= 4 is 16.0 Å². The summed E-state index contributed by atoms with van der Waals surface area (Å²) in [5.41, 5.74) is 0. The standard InChI is InChI=1S/C11H17N3O4S/c1-8-12-6-10(13-8)19(16,17)14-5-3-4-9(7-14)11(15)18-2/h6,9H,3-5,7H2,1-2H3,(H,12,13)/t9-/m0/s1. The van der Waals surface area contributed by atoms with Crippen LogP contribution in [0.1, 0.15) is 18.7 Å². The summed E-state index contributed by atoms with van der Waals surface area (Å²) in [6, 6.07) is 0. The number of H-pyrrole nitrogens is 1. The molecule has 0 spiro atoms. The van der Waals surface area contributed by atoms with Crippen LogP contribution in [0.15, 0.2) is 11.2 Å². The molecule has 0 aliphatic carbocycles. The van der Waals surface area contributed by atoms with Crippen LogP contribution >= 0.6 is 0 Å². The summed E-state index contributed by atoms with van der Waals surface area (Å²) in [7, 11) is -2.29. The molecule has 1 N–H and O–H groups in total. The van der Waals surface area contributed by atoms with Gasteiger partial charge in [0, 0.05) is 13.1 Å². The predicted molar refractivity (Wildman–Crippen MR) is 66.8 cm³/mol. The lowest BCUT2D eigenvalue weighted by Gasteiger charge is -2.29. The van der Waals surface area contributed by atoms with Gasteiger partial charge in [-0.05, 0) is 19.8 Å². The van der Waals surface area contributed by atoms with Crippen LogP contribution < -0.4 is 0 Å². The van der Waals surface area contributed by atoms with Crippen LogP contribution in [0.25, 0.3) is 0 Å². The van der Waals surface area contributed by atoms with Crippen LogP contribution in [-0.2, 0) is 19.6 Å². The van der Waals surface area contributed by atoms with E-state index in [1.54, 1.807) is 6.92 Å². The van der Waals surface area contributed by atoms with E-state index in [4.69, 9.17) is 0 Å². The molecule has 0 aromatic carbocycles. The number of aryl methyl sites for hydroxylation is 1. The SMILES string of the molecule is COC(=O)[C@H]1CCCN(S(=O)(=O)c2cnc(C)[nH]2)C1. The molecule has 1 saturated heterocycles. The summed E-state index contributed by atoms with van der Waals surface area (Å²) < 4.78 is 30.7. The highest BCUT2D eigenvalue weighted by molar-refractivity contribution is 7.89. The molecular weight excluding hydrogens is 270 g/mol. The second kappa shape index (κ2) is 5.30. The van der Waals surface area contributed by atoms with Crippen molar-refractivity contribution in [2.24, 2.45) is 5.92 Å². The third kappa shape index (κ3) is 2.79. The van der Waals surface area contributed by atoms with Gasteiger partial charge >= 0.3 is 5.97 Å². The number of aromatic nitrogens is 2. The van der Waals surface area contributed by atoms with E-state index >= 15 is 0 Å². The van der Waals surface area contributed by atoms with Gasteiger partial charge in [-0.3, -0.25) is 4.79 Å². The van der Waals surface area contributed by atoms with Crippen molar-refractivity contribution in [3.05, 3.63) is 12.0 Å². The van der Waals surface area contributed by atoms with Crippen molar-refractivity contribution in [1.29, 1.82) is 0 Å². The largest absolute Gasteiger partial charge is 0.469 e. The first-order valence-electron chi connectivity index (χ1n) is 6.04. The smallest absolute Gasteiger partial charge is 0.309 e. The number of methoxy groups -OCH3 is 1. The number of rotatable bonds is 3. The number of carbonyl (C=O) groups is 1. The van der Waals surface area contributed by atoms with Crippen LogP contribution in [0.3, 0.4) is 0 Å². The van der Waals surface area contributed by atoms with Crippen molar-refractivity contribution < 1.29 is 17.9 Å². The topological polar surface area (TPSA) is 92.4 Å². The highest BCUT2D eigenvalue weighted by atomic mass is 32.2. The third-order valence-corrected chi connectivity index (χ3v) is 4.99. The molecule has 7 nitrogen and oxygen atoms in total. The molecule has 2 heterocycles. The molecule has 8 heteroatoms. The molecule has 1 aliphatic rings. The average molecular weight is 287 g/mol. The number of piperidine rings is 1. The second-order valence-electron chi connectivity index (χ2n) is 4.56. The van der Waals surface area contributed by atoms with Gasteiger partial charge in [-0.1, -0.05) is 0 Å². The van der Waals surface area contributed by atoms with E-state index in [-0.39, 0.29) is 17.5 Å². The lowest BCUT2D eigenvalue weighted by molar-refractivity contribution is -0.146. The highest BCUT2D eigenvalue weighted by Gasteiger charge is 2.34. The number of esters is 1. The Morgan fingerprint density at radius 2 is 2.32 bits per heavy atom. The summed E-state index contributed by atoms with van der Waals surface area (Å²) >= 11 is 0. The monoisotopic (exact) mass is 287 g/mol. The van der Waals surface area contributed by atoms with Gasteiger partial charge < -0.3 is 9.72 Å². The van der Waals surface area contributed by atoms with Gasteiger partial charge in [-0.25, -0.2) is 13.4 Å². The van der Waals surface area contributed by atoms with E-state index in [0.29, 0.717) is 25.2 Å². The summed E-state index contributed by atoms with van der Waals surface area (Å²) in [6.45, 7) is 2.26. The van der Waals surface area contributed by atoms with Crippen molar-refractivity contribution in [2.75, 3.05) is 20.2 Å². The number of nitrogens with one attached hydrogen (secondary N) is 1. The molecule has 0 unspecified atom stereocenters. The fraction of sp³-hybridized carbons (Fsp3) is 0.636. The number of hydrogen-bond donors (Lipinski definition) is 1. The van der Waals surface area contributed by atoms with Crippen LogP contribution in [0.4, 0.5) is 0 Å². The number of ether oxygens (including phenoxy) is 1. The van der Waals surface area contributed by atoms with E-state index in [1.165, 1.54) is 17.6 Å². The quantitative estimate of drug-likeness (QED) is 0.807. The van der Waals surface area contributed by atoms with Gasteiger partial charge in [0.1, 0.15) is 5.82 Å². The van der Waals surface area contributed by atoms with Gasteiger partial charge in [0.05, 0.1) is 19.2 Å². The molecule has 2 rings (SSSR count). The first kappa shape index (κ1) is 14.0. The van der Waals surface area contributed by atoms with Crippen molar-refractivity contribution in [2.45, 2.75) is 24.8 Å². The maximum absolute atomic E-state index is 12.4. The number of carbonyl (C=O) groups excluding carboxylic acids is 1. The number of aromatic amines is 1. The van der Waals surface area contributed by atoms with Gasteiger partial charge in [0.25, 0.3) is 10.0 Å². The molecule has 106 valence electrons. The molecule has 1 fully saturated rings. The van der Waals surface area contributed by atoms with E-state index < -0.39 is 15.9 Å². The van der Waals surface area contributed by atoms with Crippen molar-refractivity contribution in [3.63, 3.8) is 0 Å². The van der Waals surface area contributed by atoms with Crippen molar-refractivity contribution in [1.82, 2.24) is 14.3 Å². The van der Waals surface area contributed by atoms with E-state index in [2.05, 4.69) is 14.7 Å². The molecule has 0 amide bonds. The van der Waals surface area contributed by atoms with E-state index in [9.17, 15) is 13.2 Å². The molecule has 1 aromatic rings. The Labute approximate surface area is 112 Å². The zero-order valence-corrected chi connectivity index (χ0v) is 11.7. The van der Waals surface area contributed by atoms with Crippen LogP contribution in [0, 0.1) is 12.8 Å². The average Bonchev–Trinajstić information content (AvgIpc) is 2.85. The Bertz CT molecular complexity index is 566. The molecule has 0 radical (unpaired) electrons. The maximum Gasteiger partial charge on any atom is 0.309 e. The molecule has 1 aromatic heterocycles. The molecule has 1 aliphatic heterocycles. The Hall–Kier alpha value is -1.41. The summed E-state index contributed by atoms with van der Waals surface area (Å²) in [5, 5.41) is 0.0653. The minimum Gasteiger partial charge on any atom is -0.469 e. The third-order valence-electron chi connectivity index (χ3n) is 3.22. The van der Waals surface area contributed by atoms with Gasteiger partial charge in [-0.2, -0.15) is 4.31 Å². The number of hydrogen-bond acceptors (Lipinski definition) is 5. The summed E-state index contributed by atoms with van der Waals surface area (Å²) in [6.07, 6.45) is 2.60. The minimum atomic E-state index is -3.61. The van der Waals surface area contributed by atoms with Crippen LogP contribution in [-0.4, -0.2) is 48.9 Å². The van der Waals surface area contributed by atoms with E-state index in [1.807, 2.05) is 0 Å². The van der Waals surface area contributed by atoms with Gasteiger partial charge in [0.15, 0.2) is 5.03 Å². The number of sulfonamides is 1. The van der Waals surface area contributed by atoms with Gasteiger partial charge in [-0.15, -0.1) is 0 Å². The lowest BCUT2D eigenvalue weighted by Crippen LogP contribution is -2.42. The fourth-order valence-corrected chi connectivity index (χ4v) is 3.67. The van der Waals surface area contributed by atoms with Crippen LogP contribution in [0.2, 0.25) is 0 Å². The first-order valence-corrected chi connectivity index (χ1v) is 7.48. The molecule has 1 atom stereocenters. The summed E-state index contributed by atoms with van der Waals surface area (Å²) in [4.78, 5) is 18.1. The highest BCUT2D eigenvalue weighted by Crippen LogP contribution is 2.23. The fourth-order valence-electron chi connectivity index (χ4n) is 2.19. The Morgan fingerprint density at radius 1 is 1.58 bits per heavy atom. The molecule has 19 heavy (non-hydrogen) atoms. The number of nitrogens with zero attached hydrogens (tertiary/aromatic N) is 2. The number of imidazole rings is 1. The molecule has 0 bridgehead atoms. The maximum atomic E-state index is 12.4. The zero-order valence-electron chi connectivity index (χ0n) is 10.9.